The van der Waals surface area contributed by atoms with E-state index in [1.807, 2.05) is 6.07 Å². The third-order valence-corrected chi connectivity index (χ3v) is 3.83. The fourth-order valence-corrected chi connectivity index (χ4v) is 2.46. The molecule has 0 aliphatic rings. The summed E-state index contributed by atoms with van der Waals surface area (Å²) >= 11 is 0. The topological polar surface area (TPSA) is 107 Å². The molecule has 0 spiro atoms. The third kappa shape index (κ3) is 4.48. The largest absolute Gasteiger partial charge is 0.478 e. The van der Waals surface area contributed by atoms with Gasteiger partial charge in [0.15, 0.2) is 0 Å². The van der Waals surface area contributed by atoms with Crippen LogP contribution in [-0.4, -0.2) is 33.5 Å². The number of nitriles is 1. The maximum atomic E-state index is 12.0. The fourth-order valence-electron chi connectivity index (χ4n) is 1.48. The lowest BCUT2D eigenvalue weighted by molar-refractivity contribution is -0.118. The van der Waals surface area contributed by atoms with Gasteiger partial charge in [0.2, 0.25) is 5.91 Å². The number of benzene rings is 1. The van der Waals surface area contributed by atoms with Crippen molar-refractivity contribution in [3.05, 3.63) is 29.3 Å². The number of hydrogen-bond acceptors (Lipinski definition) is 4. The van der Waals surface area contributed by atoms with Crippen LogP contribution in [0.4, 0.5) is 0 Å². The number of aryl methyl sites for hydroxylation is 1. The van der Waals surface area contributed by atoms with Crippen LogP contribution in [0.1, 0.15) is 22.3 Å². The number of rotatable bonds is 6. The normalized spacial score (nSPS) is 11.4. The van der Waals surface area contributed by atoms with E-state index in [1.165, 1.54) is 6.07 Å². The molecule has 1 unspecified atom stereocenters. The van der Waals surface area contributed by atoms with E-state index in [0.717, 1.165) is 0 Å². The van der Waals surface area contributed by atoms with Gasteiger partial charge >= 0.3 is 5.97 Å². The molecular formula is C13H14N2O4S. The van der Waals surface area contributed by atoms with Crippen LogP contribution in [0.2, 0.25) is 0 Å². The lowest BCUT2D eigenvalue weighted by atomic mass is 10.1. The van der Waals surface area contributed by atoms with E-state index in [-0.39, 0.29) is 24.3 Å². The monoisotopic (exact) mass is 294 g/mol. The molecule has 0 aliphatic carbocycles. The minimum atomic E-state index is -1.61. The van der Waals surface area contributed by atoms with Gasteiger partial charge in [0.25, 0.3) is 0 Å². The van der Waals surface area contributed by atoms with E-state index in [0.29, 0.717) is 10.5 Å². The number of carboxylic acid groups (broad SMARTS) is 1. The second-order valence-corrected chi connectivity index (χ2v) is 5.48. The van der Waals surface area contributed by atoms with Crippen LogP contribution in [-0.2, 0) is 15.6 Å². The summed E-state index contributed by atoms with van der Waals surface area (Å²) in [7, 11) is -1.61. The standard InChI is InChI=1S/C13H14N2O4S/c1-9-3-4-10(7-11(9)13(17)18)20(19)8-12(16)15-6-2-5-14/h3-4,7H,2,6,8H2,1H3,(H,15,16)(H,17,18). The molecule has 20 heavy (non-hydrogen) atoms. The number of nitrogens with one attached hydrogen (secondary N) is 1. The lowest BCUT2D eigenvalue weighted by Gasteiger charge is -2.06. The van der Waals surface area contributed by atoms with Gasteiger partial charge in [-0.2, -0.15) is 5.26 Å². The number of nitrogens with zero attached hydrogens (tertiary/aromatic N) is 1. The van der Waals surface area contributed by atoms with Gasteiger partial charge in [-0.1, -0.05) is 6.07 Å². The predicted molar refractivity (Wildman–Crippen MR) is 72.7 cm³/mol. The summed E-state index contributed by atoms with van der Waals surface area (Å²) in [6.45, 7) is 1.85. The fraction of sp³-hybridized carbons (Fsp3) is 0.308. The minimum absolute atomic E-state index is 0.0701. The Kier molecular flexibility index (Phi) is 5.87. The molecule has 0 heterocycles. The van der Waals surface area contributed by atoms with Crippen molar-refractivity contribution in [1.82, 2.24) is 5.32 Å². The molecule has 0 saturated carbocycles. The molecule has 106 valence electrons. The molecule has 1 atom stereocenters. The van der Waals surface area contributed by atoms with E-state index >= 15 is 0 Å². The van der Waals surface area contributed by atoms with Gasteiger partial charge in [-0.3, -0.25) is 9.00 Å². The number of carboxylic acids is 1. The first kappa shape index (κ1) is 15.9. The van der Waals surface area contributed by atoms with E-state index in [1.54, 1.807) is 19.1 Å². The molecule has 0 bridgehead atoms. The molecule has 7 heteroatoms. The van der Waals surface area contributed by atoms with Crippen molar-refractivity contribution in [2.24, 2.45) is 0 Å². The van der Waals surface area contributed by atoms with Gasteiger partial charge in [-0.25, -0.2) is 4.79 Å². The average molecular weight is 294 g/mol. The number of carbonyl (C=O) groups is 2. The average Bonchev–Trinajstić information content (AvgIpc) is 2.39. The molecule has 6 nitrogen and oxygen atoms in total. The quantitative estimate of drug-likeness (QED) is 0.756. The SMILES string of the molecule is Cc1ccc(S(=O)CC(=O)NCCC#N)cc1C(=O)O. The first-order valence-electron chi connectivity index (χ1n) is 5.81. The van der Waals surface area contributed by atoms with Crippen molar-refractivity contribution in [1.29, 1.82) is 5.26 Å². The van der Waals surface area contributed by atoms with Crippen molar-refractivity contribution >= 4 is 22.7 Å². The molecule has 0 saturated heterocycles. The van der Waals surface area contributed by atoms with Crippen LogP contribution < -0.4 is 5.32 Å². The zero-order valence-electron chi connectivity index (χ0n) is 10.9. The van der Waals surface area contributed by atoms with Crippen molar-refractivity contribution in [2.45, 2.75) is 18.2 Å². The van der Waals surface area contributed by atoms with Crippen LogP contribution in [0.5, 0.6) is 0 Å². The second kappa shape index (κ2) is 7.40. The van der Waals surface area contributed by atoms with Gasteiger partial charge in [-0.05, 0) is 24.6 Å². The smallest absolute Gasteiger partial charge is 0.335 e. The Bertz CT molecular complexity index is 593. The highest BCUT2D eigenvalue weighted by atomic mass is 32.2. The molecular weight excluding hydrogens is 280 g/mol. The molecule has 0 aliphatic heterocycles. The first-order chi connectivity index (χ1) is 9.45. The van der Waals surface area contributed by atoms with Crippen molar-refractivity contribution in [3.8, 4) is 6.07 Å². The van der Waals surface area contributed by atoms with E-state index in [9.17, 15) is 13.8 Å². The van der Waals surface area contributed by atoms with Crippen LogP contribution in [0.3, 0.4) is 0 Å². The maximum absolute atomic E-state index is 12.0. The number of amides is 1. The Morgan fingerprint density at radius 1 is 1.45 bits per heavy atom. The highest BCUT2D eigenvalue weighted by molar-refractivity contribution is 7.85. The summed E-state index contributed by atoms with van der Waals surface area (Å²) < 4.78 is 12.0. The summed E-state index contributed by atoms with van der Waals surface area (Å²) in [5.41, 5.74) is 0.637. The number of aromatic carboxylic acids is 1. The summed E-state index contributed by atoms with van der Waals surface area (Å²) in [5, 5.41) is 19.8. The van der Waals surface area contributed by atoms with Crippen LogP contribution in [0.15, 0.2) is 23.1 Å². The highest BCUT2D eigenvalue weighted by Crippen LogP contribution is 2.14. The second-order valence-electron chi connectivity index (χ2n) is 4.03. The molecule has 1 aromatic rings. The zero-order chi connectivity index (χ0) is 15.1. The lowest BCUT2D eigenvalue weighted by Crippen LogP contribution is -2.29. The van der Waals surface area contributed by atoms with Gasteiger partial charge in [-0.15, -0.1) is 0 Å². The van der Waals surface area contributed by atoms with Gasteiger partial charge in [0.05, 0.1) is 28.9 Å². The molecule has 1 aromatic carbocycles. The van der Waals surface area contributed by atoms with Crippen molar-refractivity contribution in [2.75, 3.05) is 12.3 Å². The van der Waals surface area contributed by atoms with Gasteiger partial charge in [0, 0.05) is 11.4 Å². The highest BCUT2D eigenvalue weighted by Gasteiger charge is 2.14. The third-order valence-electron chi connectivity index (χ3n) is 2.52. The Labute approximate surface area is 118 Å². The molecule has 1 rings (SSSR count). The minimum Gasteiger partial charge on any atom is -0.478 e. The van der Waals surface area contributed by atoms with Crippen molar-refractivity contribution in [3.63, 3.8) is 0 Å². The molecule has 1 amide bonds. The molecule has 0 aromatic heterocycles. The van der Waals surface area contributed by atoms with E-state index in [4.69, 9.17) is 10.4 Å². The summed E-state index contributed by atoms with van der Waals surface area (Å²) in [6.07, 6.45) is 0.187. The zero-order valence-corrected chi connectivity index (χ0v) is 11.7. The summed E-state index contributed by atoms with van der Waals surface area (Å²) in [5.74, 6) is -1.79. The predicted octanol–water partition coefficient (Wildman–Crippen LogP) is 0.831. The van der Waals surface area contributed by atoms with E-state index < -0.39 is 22.7 Å². The van der Waals surface area contributed by atoms with Gasteiger partial charge < -0.3 is 10.4 Å². The molecule has 0 radical (unpaired) electrons. The Morgan fingerprint density at radius 2 is 2.15 bits per heavy atom. The van der Waals surface area contributed by atoms with E-state index in [2.05, 4.69) is 5.32 Å². The number of hydrogen-bond donors (Lipinski definition) is 2. The van der Waals surface area contributed by atoms with Crippen LogP contribution in [0.25, 0.3) is 0 Å². The van der Waals surface area contributed by atoms with Crippen molar-refractivity contribution < 1.29 is 18.9 Å². The van der Waals surface area contributed by atoms with Crippen LogP contribution in [0, 0.1) is 18.3 Å². The first-order valence-corrected chi connectivity index (χ1v) is 7.13. The van der Waals surface area contributed by atoms with Gasteiger partial charge in [0.1, 0.15) is 5.75 Å². The van der Waals surface area contributed by atoms with Crippen LogP contribution >= 0.6 is 0 Å². The summed E-state index contributed by atoms with van der Waals surface area (Å²) in [6, 6.07) is 6.30. The molecule has 2 N–H and O–H groups in total. The Morgan fingerprint density at radius 3 is 2.75 bits per heavy atom. The summed E-state index contributed by atoms with van der Waals surface area (Å²) in [4.78, 5) is 22.7. The maximum Gasteiger partial charge on any atom is 0.335 e. The molecule has 0 fully saturated rings. The Balaban J connectivity index is 2.73. The Hall–Kier alpha value is -2.20. The number of carbonyl (C=O) groups excluding carboxylic acids is 1.